The van der Waals surface area contributed by atoms with Crippen LogP contribution in [-0.4, -0.2) is 15.7 Å². The van der Waals surface area contributed by atoms with Crippen molar-refractivity contribution < 1.29 is 4.79 Å². The van der Waals surface area contributed by atoms with Gasteiger partial charge in [-0.3, -0.25) is 9.48 Å². The standard InChI is InChI=1S/C22H25N3O/c1-2-3-5-8-18-11-13-21(14-12-18)24-22(26)20-15-23-25(17-20)16-19-9-6-4-7-10-19/h4,6-7,9-15,17H,2-3,5,8,16H2,1H3,(H,24,26). The Balaban J connectivity index is 1.56. The van der Waals surface area contributed by atoms with E-state index < -0.39 is 0 Å². The molecule has 1 amide bonds. The Morgan fingerprint density at radius 3 is 2.50 bits per heavy atom. The van der Waals surface area contributed by atoms with Gasteiger partial charge in [-0.2, -0.15) is 5.10 Å². The molecule has 3 rings (SSSR count). The maximum Gasteiger partial charge on any atom is 0.258 e. The van der Waals surface area contributed by atoms with Crippen LogP contribution in [0.25, 0.3) is 0 Å². The van der Waals surface area contributed by atoms with Crippen molar-refractivity contribution in [2.75, 3.05) is 5.32 Å². The second-order valence-electron chi connectivity index (χ2n) is 6.52. The van der Waals surface area contributed by atoms with E-state index in [2.05, 4.69) is 29.5 Å². The first kappa shape index (κ1) is 17.9. The Labute approximate surface area is 154 Å². The number of anilines is 1. The monoisotopic (exact) mass is 347 g/mol. The molecule has 134 valence electrons. The molecule has 2 aromatic carbocycles. The van der Waals surface area contributed by atoms with E-state index in [0.29, 0.717) is 12.1 Å². The topological polar surface area (TPSA) is 46.9 Å². The van der Waals surface area contributed by atoms with Gasteiger partial charge in [0.15, 0.2) is 0 Å². The molecule has 0 aliphatic heterocycles. The molecule has 1 heterocycles. The highest BCUT2D eigenvalue weighted by Gasteiger charge is 2.09. The van der Waals surface area contributed by atoms with Crippen LogP contribution in [0.15, 0.2) is 67.0 Å². The first-order valence-corrected chi connectivity index (χ1v) is 9.21. The molecule has 0 aliphatic carbocycles. The molecular formula is C22H25N3O. The Morgan fingerprint density at radius 1 is 1.00 bits per heavy atom. The smallest absolute Gasteiger partial charge is 0.258 e. The number of carbonyl (C=O) groups excluding carboxylic acids is 1. The zero-order chi connectivity index (χ0) is 18.2. The van der Waals surface area contributed by atoms with Crippen LogP contribution in [0.3, 0.4) is 0 Å². The van der Waals surface area contributed by atoms with Gasteiger partial charge in [-0.15, -0.1) is 0 Å². The van der Waals surface area contributed by atoms with Crippen molar-refractivity contribution in [2.45, 2.75) is 39.2 Å². The molecule has 1 N–H and O–H groups in total. The molecule has 0 radical (unpaired) electrons. The van der Waals surface area contributed by atoms with Crippen LogP contribution >= 0.6 is 0 Å². The molecule has 0 fully saturated rings. The first-order chi connectivity index (χ1) is 12.7. The minimum absolute atomic E-state index is 0.136. The number of carbonyl (C=O) groups is 1. The molecule has 0 aliphatic rings. The molecule has 4 nitrogen and oxygen atoms in total. The third-order valence-electron chi connectivity index (χ3n) is 4.36. The van der Waals surface area contributed by atoms with Crippen LogP contribution in [-0.2, 0) is 13.0 Å². The Hall–Kier alpha value is -2.88. The fraction of sp³-hybridized carbons (Fsp3) is 0.273. The highest BCUT2D eigenvalue weighted by Crippen LogP contribution is 2.14. The van der Waals surface area contributed by atoms with E-state index in [-0.39, 0.29) is 5.91 Å². The van der Waals surface area contributed by atoms with Crippen molar-refractivity contribution in [2.24, 2.45) is 0 Å². The molecule has 0 bridgehead atoms. The summed E-state index contributed by atoms with van der Waals surface area (Å²) in [7, 11) is 0. The van der Waals surface area contributed by atoms with E-state index in [1.807, 2.05) is 42.5 Å². The summed E-state index contributed by atoms with van der Waals surface area (Å²) in [6.07, 6.45) is 8.17. The maximum absolute atomic E-state index is 12.4. The molecule has 0 saturated heterocycles. The van der Waals surface area contributed by atoms with Crippen molar-refractivity contribution in [3.8, 4) is 0 Å². The fourth-order valence-corrected chi connectivity index (χ4v) is 2.87. The van der Waals surface area contributed by atoms with E-state index in [1.165, 1.54) is 24.8 Å². The van der Waals surface area contributed by atoms with Gasteiger partial charge in [0, 0.05) is 11.9 Å². The summed E-state index contributed by atoms with van der Waals surface area (Å²) in [5.41, 5.74) is 3.84. The zero-order valence-electron chi connectivity index (χ0n) is 15.2. The van der Waals surface area contributed by atoms with Crippen LogP contribution in [0, 0.1) is 0 Å². The number of hydrogen-bond acceptors (Lipinski definition) is 2. The van der Waals surface area contributed by atoms with E-state index in [1.54, 1.807) is 17.1 Å². The van der Waals surface area contributed by atoms with Gasteiger partial charge in [-0.25, -0.2) is 0 Å². The summed E-state index contributed by atoms with van der Waals surface area (Å²) in [6.45, 7) is 2.86. The molecule has 0 saturated carbocycles. The van der Waals surface area contributed by atoms with Crippen LogP contribution < -0.4 is 5.32 Å². The van der Waals surface area contributed by atoms with Gasteiger partial charge >= 0.3 is 0 Å². The normalized spacial score (nSPS) is 10.7. The second kappa shape index (κ2) is 8.99. The summed E-state index contributed by atoms with van der Waals surface area (Å²) < 4.78 is 1.78. The predicted octanol–water partition coefficient (Wildman–Crippen LogP) is 4.92. The van der Waals surface area contributed by atoms with Crippen LogP contribution in [0.5, 0.6) is 0 Å². The molecule has 3 aromatic rings. The van der Waals surface area contributed by atoms with Gasteiger partial charge in [0.25, 0.3) is 5.91 Å². The summed E-state index contributed by atoms with van der Waals surface area (Å²) in [5.74, 6) is -0.136. The van der Waals surface area contributed by atoms with Crippen molar-refractivity contribution in [1.29, 1.82) is 0 Å². The maximum atomic E-state index is 12.4. The fourth-order valence-electron chi connectivity index (χ4n) is 2.87. The molecule has 1 aromatic heterocycles. The second-order valence-corrected chi connectivity index (χ2v) is 6.52. The lowest BCUT2D eigenvalue weighted by Gasteiger charge is -2.06. The summed E-state index contributed by atoms with van der Waals surface area (Å²) >= 11 is 0. The predicted molar refractivity (Wildman–Crippen MR) is 105 cm³/mol. The third-order valence-corrected chi connectivity index (χ3v) is 4.36. The number of rotatable bonds is 8. The lowest BCUT2D eigenvalue weighted by molar-refractivity contribution is 0.102. The minimum Gasteiger partial charge on any atom is -0.322 e. The summed E-state index contributed by atoms with van der Waals surface area (Å²) in [6, 6.07) is 18.2. The van der Waals surface area contributed by atoms with Crippen molar-refractivity contribution in [3.05, 3.63) is 83.7 Å². The summed E-state index contributed by atoms with van der Waals surface area (Å²) in [4.78, 5) is 12.4. The van der Waals surface area contributed by atoms with Crippen molar-refractivity contribution in [1.82, 2.24) is 9.78 Å². The van der Waals surface area contributed by atoms with E-state index in [0.717, 1.165) is 17.7 Å². The number of aryl methyl sites for hydroxylation is 1. The lowest BCUT2D eigenvalue weighted by Crippen LogP contribution is -2.11. The molecule has 0 spiro atoms. The largest absolute Gasteiger partial charge is 0.322 e. The van der Waals surface area contributed by atoms with E-state index in [9.17, 15) is 4.79 Å². The number of aromatic nitrogens is 2. The minimum atomic E-state index is -0.136. The lowest BCUT2D eigenvalue weighted by atomic mass is 10.1. The van der Waals surface area contributed by atoms with Gasteiger partial charge < -0.3 is 5.32 Å². The van der Waals surface area contributed by atoms with Crippen molar-refractivity contribution >= 4 is 11.6 Å². The number of nitrogens with one attached hydrogen (secondary N) is 1. The zero-order valence-corrected chi connectivity index (χ0v) is 15.2. The highest BCUT2D eigenvalue weighted by atomic mass is 16.1. The third kappa shape index (κ3) is 5.06. The van der Waals surface area contributed by atoms with E-state index >= 15 is 0 Å². The van der Waals surface area contributed by atoms with E-state index in [4.69, 9.17) is 0 Å². The Morgan fingerprint density at radius 2 is 1.77 bits per heavy atom. The van der Waals surface area contributed by atoms with Gasteiger partial charge in [0.2, 0.25) is 0 Å². The molecular weight excluding hydrogens is 322 g/mol. The molecule has 0 atom stereocenters. The first-order valence-electron chi connectivity index (χ1n) is 9.21. The molecule has 4 heteroatoms. The average molecular weight is 347 g/mol. The quantitative estimate of drug-likeness (QED) is 0.588. The average Bonchev–Trinajstić information content (AvgIpc) is 3.13. The number of unbranched alkanes of at least 4 members (excludes halogenated alkanes) is 2. The van der Waals surface area contributed by atoms with Crippen LogP contribution in [0.4, 0.5) is 5.69 Å². The Kier molecular flexibility index (Phi) is 6.20. The van der Waals surface area contributed by atoms with Gasteiger partial charge in [-0.1, -0.05) is 62.2 Å². The number of nitrogens with zero attached hydrogens (tertiary/aromatic N) is 2. The van der Waals surface area contributed by atoms with Gasteiger partial charge in [0.1, 0.15) is 0 Å². The SMILES string of the molecule is CCCCCc1ccc(NC(=O)c2cnn(Cc3ccccc3)c2)cc1. The van der Waals surface area contributed by atoms with Crippen LogP contribution in [0.1, 0.15) is 47.7 Å². The van der Waals surface area contributed by atoms with Gasteiger partial charge in [0.05, 0.1) is 18.3 Å². The van der Waals surface area contributed by atoms with Crippen LogP contribution in [0.2, 0.25) is 0 Å². The molecule has 26 heavy (non-hydrogen) atoms. The van der Waals surface area contributed by atoms with Gasteiger partial charge in [-0.05, 0) is 36.1 Å². The number of benzene rings is 2. The number of hydrogen-bond donors (Lipinski definition) is 1. The highest BCUT2D eigenvalue weighted by molar-refractivity contribution is 6.03. The Bertz CT molecular complexity index is 822. The number of amides is 1. The molecule has 0 unspecified atom stereocenters. The summed E-state index contributed by atoms with van der Waals surface area (Å²) in [5, 5.41) is 7.22. The van der Waals surface area contributed by atoms with Crippen molar-refractivity contribution in [3.63, 3.8) is 0 Å².